The number of benzene rings is 3. The molecule has 0 spiro atoms. The van der Waals surface area contributed by atoms with Crippen molar-refractivity contribution in [2.75, 3.05) is 4.90 Å². The number of nitrogens with one attached hydrogen (secondary N) is 1. The van der Waals surface area contributed by atoms with E-state index in [2.05, 4.69) is 77.2 Å². The number of ether oxygens (including phenoxy) is 1. The normalized spacial score (nSPS) is 16.8. The lowest BCUT2D eigenvalue weighted by Crippen LogP contribution is -2.29. The van der Waals surface area contributed by atoms with Crippen molar-refractivity contribution >= 4 is 23.0 Å². The van der Waals surface area contributed by atoms with E-state index >= 15 is 0 Å². The van der Waals surface area contributed by atoms with Gasteiger partial charge >= 0.3 is 0 Å². The molecule has 1 aliphatic heterocycles. The van der Waals surface area contributed by atoms with Crippen molar-refractivity contribution in [1.82, 2.24) is 14.9 Å². The summed E-state index contributed by atoms with van der Waals surface area (Å²) in [6.07, 6.45) is 1.84. The van der Waals surface area contributed by atoms with Crippen LogP contribution in [-0.4, -0.2) is 14.7 Å². The van der Waals surface area contributed by atoms with E-state index in [4.69, 9.17) is 21.9 Å². The highest BCUT2D eigenvalue weighted by Gasteiger charge is 2.42. The number of para-hydroxylation sites is 2. The van der Waals surface area contributed by atoms with Crippen LogP contribution in [0.2, 0.25) is 0 Å². The first-order chi connectivity index (χ1) is 19.0. The van der Waals surface area contributed by atoms with Gasteiger partial charge in [-0.1, -0.05) is 42.5 Å². The standard InChI is InChI=1S/C33H30N4OS/c1-22-11-7-8-15-30(22)38-27-18-16-26(17-19-27)37-32(31(35-33(37)39)29-14-9-10-20-34-29)28-21-23(2)36(24(28)3)25-12-5-4-6-13-25/h4-21,31-32H,1-3H3,(H,35,39)/t31-,32-/m1/s1. The summed E-state index contributed by atoms with van der Waals surface area (Å²) in [4.78, 5) is 6.92. The second-order valence-corrected chi connectivity index (χ2v) is 10.2. The average molecular weight is 531 g/mol. The molecule has 39 heavy (non-hydrogen) atoms. The Morgan fingerprint density at radius 2 is 1.51 bits per heavy atom. The van der Waals surface area contributed by atoms with Crippen molar-refractivity contribution in [2.45, 2.75) is 32.9 Å². The summed E-state index contributed by atoms with van der Waals surface area (Å²) in [5.74, 6) is 1.64. The van der Waals surface area contributed by atoms with Crippen molar-refractivity contribution in [3.05, 3.63) is 138 Å². The number of aryl methyl sites for hydroxylation is 2. The van der Waals surface area contributed by atoms with Gasteiger partial charge in [0.25, 0.3) is 0 Å². The van der Waals surface area contributed by atoms with Crippen molar-refractivity contribution in [1.29, 1.82) is 0 Å². The van der Waals surface area contributed by atoms with E-state index in [0.717, 1.165) is 34.1 Å². The molecule has 194 valence electrons. The van der Waals surface area contributed by atoms with Crippen molar-refractivity contribution in [2.24, 2.45) is 0 Å². The van der Waals surface area contributed by atoms with Crippen LogP contribution >= 0.6 is 12.2 Å². The zero-order valence-corrected chi connectivity index (χ0v) is 23.0. The summed E-state index contributed by atoms with van der Waals surface area (Å²) in [6, 6.07) is 34.8. The van der Waals surface area contributed by atoms with Crippen LogP contribution in [0, 0.1) is 20.8 Å². The molecule has 3 heterocycles. The van der Waals surface area contributed by atoms with Gasteiger partial charge in [-0.25, -0.2) is 0 Å². The summed E-state index contributed by atoms with van der Waals surface area (Å²) >= 11 is 5.96. The lowest BCUT2D eigenvalue weighted by Gasteiger charge is -2.28. The fourth-order valence-corrected chi connectivity index (χ4v) is 5.83. The van der Waals surface area contributed by atoms with Crippen molar-refractivity contribution < 1.29 is 4.74 Å². The first-order valence-electron chi connectivity index (χ1n) is 13.1. The molecule has 2 atom stereocenters. The van der Waals surface area contributed by atoms with Crippen molar-refractivity contribution in [3.63, 3.8) is 0 Å². The molecular formula is C33H30N4OS. The van der Waals surface area contributed by atoms with E-state index < -0.39 is 0 Å². The van der Waals surface area contributed by atoms with Gasteiger partial charge in [0.05, 0.1) is 17.8 Å². The van der Waals surface area contributed by atoms with Gasteiger partial charge in [-0.05, 0) is 105 Å². The highest BCUT2D eigenvalue weighted by atomic mass is 32.1. The number of rotatable bonds is 6. The Labute approximate surface area is 234 Å². The minimum absolute atomic E-state index is 0.0841. The number of hydrogen-bond acceptors (Lipinski definition) is 3. The molecule has 0 radical (unpaired) electrons. The van der Waals surface area contributed by atoms with Gasteiger partial charge in [-0.15, -0.1) is 0 Å². The Balaban J connectivity index is 1.41. The van der Waals surface area contributed by atoms with Gasteiger partial charge in [0.1, 0.15) is 11.5 Å². The van der Waals surface area contributed by atoms with Gasteiger partial charge in [-0.3, -0.25) is 4.98 Å². The van der Waals surface area contributed by atoms with Gasteiger partial charge < -0.3 is 19.5 Å². The molecule has 3 aromatic carbocycles. The number of hydrogen-bond donors (Lipinski definition) is 1. The first-order valence-corrected chi connectivity index (χ1v) is 13.5. The molecule has 0 unspecified atom stereocenters. The second kappa shape index (κ2) is 10.4. The monoisotopic (exact) mass is 530 g/mol. The fraction of sp³-hybridized carbons (Fsp3) is 0.152. The predicted octanol–water partition coefficient (Wildman–Crippen LogP) is 7.77. The van der Waals surface area contributed by atoms with E-state index in [-0.39, 0.29) is 12.1 Å². The molecule has 0 amide bonds. The highest BCUT2D eigenvalue weighted by molar-refractivity contribution is 7.80. The average Bonchev–Trinajstić information content (AvgIpc) is 3.46. The zero-order valence-electron chi connectivity index (χ0n) is 22.2. The molecule has 6 rings (SSSR count). The molecule has 0 aliphatic carbocycles. The molecule has 1 N–H and O–H groups in total. The van der Waals surface area contributed by atoms with Crippen LogP contribution in [0.25, 0.3) is 5.69 Å². The Morgan fingerprint density at radius 1 is 0.795 bits per heavy atom. The van der Waals surface area contributed by atoms with Crippen LogP contribution in [0.1, 0.15) is 40.3 Å². The topological polar surface area (TPSA) is 42.3 Å². The SMILES string of the molecule is Cc1ccccc1Oc1ccc(N2C(=S)N[C@H](c3ccccn3)[C@H]2c2cc(C)n(-c3ccccc3)c2C)cc1. The molecule has 0 bridgehead atoms. The smallest absolute Gasteiger partial charge is 0.174 e. The highest BCUT2D eigenvalue weighted by Crippen LogP contribution is 2.44. The Morgan fingerprint density at radius 3 is 2.23 bits per heavy atom. The quantitative estimate of drug-likeness (QED) is 0.227. The van der Waals surface area contributed by atoms with Gasteiger partial charge in [-0.2, -0.15) is 0 Å². The number of nitrogens with zero attached hydrogens (tertiary/aromatic N) is 3. The number of aromatic nitrogens is 2. The summed E-state index contributed by atoms with van der Waals surface area (Å²) in [7, 11) is 0. The van der Waals surface area contributed by atoms with E-state index in [1.165, 1.54) is 17.0 Å². The van der Waals surface area contributed by atoms with Crippen molar-refractivity contribution in [3.8, 4) is 17.2 Å². The number of pyridine rings is 1. The molecule has 0 saturated carbocycles. The molecule has 1 fully saturated rings. The Bertz CT molecular complexity index is 1610. The Hall–Kier alpha value is -4.42. The maximum Gasteiger partial charge on any atom is 0.174 e. The summed E-state index contributed by atoms with van der Waals surface area (Å²) in [5.41, 5.74) is 7.76. The van der Waals surface area contributed by atoms with E-state index in [0.29, 0.717) is 5.11 Å². The maximum absolute atomic E-state index is 6.16. The minimum Gasteiger partial charge on any atom is -0.457 e. The zero-order chi connectivity index (χ0) is 26.9. The summed E-state index contributed by atoms with van der Waals surface area (Å²) < 4.78 is 8.47. The third-order valence-corrected chi connectivity index (χ3v) is 7.65. The van der Waals surface area contributed by atoms with Crippen LogP contribution in [0.15, 0.2) is 109 Å². The molecule has 5 nitrogen and oxygen atoms in total. The molecule has 5 aromatic rings. The van der Waals surface area contributed by atoms with Gasteiger partial charge in [0, 0.05) is 29.0 Å². The summed E-state index contributed by atoms with van der Waals surface area (Å²) in [5, 5.41) is 4.25. The lowest BCUT2D eigenvalue weighted by molar-refractivity contribution is 0.479. The van der Waals surface area contributed by atoms with E-state index in [1.807, 2.05) is 67.7 Å². The molecule has 6 heteroatoms. The fourth-order valence-electron chi connectivity index (χ4n) is 5.48. The number of anilines is 1. The third-order valence-electron chi connectivity index (χ3n) is 7.34. The number of thiocarbonyl (C=S) groups is 1. The van der Waals surface area contributed by atoms with Gasteiger partial charge in [0.15, 0.2) is 5.11 Å². The van der Waals surface area contributed by atoms with Crippen LogP contribution in [-0.2, 0) is 0 Å². The molecule has 1 aliphatic rings. The van der Waals surface area contributed by atoms with Gasteiger partial charge in [0.2, 0.25) is 0 Å². The predicted molar refractivity (Wildman–Crippen MR) is 161 cm³/mol. The second-order valence-electron chi connectivity index (χ2n) is 9.86. The van der Waals surface area contributed by atoms with E-state index in [1.54, 1.807) is 0 Å². The lowest BCUT2D eigenvalue weighted by atomic mass is 9.96. The van der Waals surface area contributed by atoms with Crippen LogP contribution < -0.4 is 15.0 Å². The van der Waals surface area contributed by atoms with Crippen LogP contribution in [0.5, 0.6) is 11.5 Å². The minimum atomic E-state index is -0.105. The Kier molecular flexibility index (Phi) is 6.63. The van der Waals surface area contributed by atoms with Crippen LogP contribution in [0.4, 0.5) is 5.69 Å². The molecule has 1 saturated heterocycles. The van der Waals surface area contributed by atoms with Crippen LogP contribution in [0.3, 0.4) is 0 Å². The summed E-state index contributed by atoms with van der Waals surface area (Å²) in [6.45, 7) is 6.39. The largest absolute Gasteiger partial charge is 0.457 e. The molecule has 2 aromatic heterocycles. The van der Waals surface area contributed by atoms with E-state index in [9.17, 15) is 0 Å². The maximum atomic E-state index is 6.16. The first kappa shape index (κ1) is 24.9. The third kappa shape index (κ3) is 4.68. The molecular weight excluding hydrogens is 500 g/mol.